The molecule has 0 amide bonds. The van der Waals surface area contributed by atoms with Gasteiger partial charge in [-0.15, -0.1) is 0 Å². The minimum absolute atomic E-state index is 0.0372. The van der Waals surface area contributed by atoms with Gasteiger partial charge in [-0.05, 0) is 5.92 Å². The summed E-state index contributed by atoms with van der Waals surface area (Å²) in [4.78, 5) is 14.5. The van der Waals surface area contributed by atoms with Crippen LogP contribution in [-0.4, -0.2) is 53.9 Å². The fraction of sp³-hybridized carbons (Fsp3) is 0.727. The second-order valence-electron chi connectivity index (χ2n) is 4.60. The minimum atomic E-state index is -0.0767. The van der Waals surface area contributed by atoms with E-state index in [1.807, 2.05) is 27.9 Å². The Morgan fingerprint density at radius 2 is 1.78 bits per heavy atom. The number of hydrogen-bond acceptors (Lipinski definition) is 7. The third kappa shape index (κ3) is 3.69. The summed E-state index contributed by atoms with van der Waals surface area (Å²) in [5.41, 5.74) is 0. The molecule has 0 spiro atoms. The van der Waals surface area contributed by atoms with E-state index in [-0.39, 0.29) is 18.6 Å². The van der Waals surface area contributed by atoms with Crippen molar-refractivity contribution >= 4 is 17.8 Å². The summed E-state index contributed by atoms with van der Waals surface area (Å²) in [5.74, 6) is 1.81. The molecule has 0 aliphatic carbocycles. The van der Waals surface area contributed by atoms with Crippen LogP contribution in [0.25, 0.3) is 0 Å². The van der Waals surface area contributed by atoms with Crippen LogP contribution in [-0.2, 0) is 0 Å². The van der Waals surface area contributed by atoms with Gasteiger partial charge in [0.2, 0.25) is 17.8 Å². The first-order valence-electron chi connectivity index (χ1n) is 5.96. The lowest BCUT2D eigenvalue weighted by Crippen LogP contribution is -2.31. The highest BCUT2D eigenvalue weighted by Crippen LogP contribution is 2.13. The summed E-state index contributed by atoms with van der Waals surface area (Å²) in [7, 11) is 5.49. The fourth-order valence-corrected chi connectivity index (χ4v) is 1.33. The number of hydrogen-bond donors (Lipinski definition) is 3. The molecule has 0 aliphatic heterocycles. The highest BCUT2D eigenvalue weighted by Gasteiger charge is 2.15. The Hall–Kier alpha value is -1.63. The maximum atomic E-state index is 9.30. The highest BCUT2D eigenvalue weighted by atomic mass is 16.3. The predicted octanol–water partition coefficient (Wildman–Crippen LogP) is 0.408. The normalized spacial score (nSPS) is 12.4. The molecule has 7 nitrogen and oxygen atoms in total. The van der Waals surface area contributed by atoms with Gasteiger partial charge in [0.05, 0.1) is 12.6 Å². The molecule has 0 saturated carbocycles. The lowest BCUT2D eigenvalue weighted by Gasteiger charge is -2.21. The van der Waals surface area contributed by atoms with Crippen molar-refractivity contribution in [3.8, 4) is 0 Å². The van der Waals surface area contributed by atoms with Crippen LogP contribution in [0.4, 0.5) is 17.8 Å². The Kier molecular flexibility index (Phi) is 5.08. The zero-order valence-electron chi connectivity index (χ0n) is 11.6. The third-order valence-electron chi connectivity index (χ3n) is 2.56. The molecular weight excluding hydrogens is 232 g/mol. The van der Waals surface area contributed by atoms with E-state index in [2.05, 4.69) is 25.6 Å². The van der Waals surface area contributed by atoms with Gasteiger partial charge in [-0.25, -0.2) is 0 Å². The number of nitrogens with zero attached hydrogens (tertiary/aromatic N) is 4. The first-order chi connectivity index (χ1) is 8.47. The monoisotopic (exact) mass is 254 g/mol. The summed E-state index contributed by atoms with van der Waals surface area (Å²) < 4.78 is 0. The van der Waals surface area contributed by atoms with Crippen LogP contribution in [0.5, 0.6) is 0 Å². The highest BCUT2D eigenvalue weighted by molar-refractivity contribution is 5.43. The van der Waals surface area contributed by atoms with Gasteiger partial charge in [-0.1, -0.05) is 13.8 Å². The SMILES string of the molecule is CNc1nc(NC(CO)C(C)C)nc(N(C)C)n1. The number of aromatic nitrogens is 3. The molecule has 0 aromatic carbocycles. The average molecular weight is 254 g/mol. The zero-order valence-corrected chi connectivity index (χ0v) is 11.6. The molecule has 1 heterocycles. The van der Waals surface area contributed by atoms with Crippen molar-refractivity contribution in [3.05, 3.63) is 0 Å². The number of aliphatic hydroxyl groups excluding tert-OH is 1. The van der Waals surface area contributed by atoms with Crippen LogP contribution in [0, 0.1) is 5.92 Å². The maximum absolute atomic E-state index is 9.30. The molecule has 0 bridgehead atoms. The molecule has 1 aromatic rings. The topological polar surface area (TPSA) is 86.2 Å². The van der Waals surface area contributed by atoms with Crippen molar-refractivity contribution < 1.29 is 5.11 Å². The summed E-state index contributed by atoms with van der Waals surface area (Å²) in [6, 6.07) is -0.0767. The molecule has 102 valence electrons. The Morgan fingerprint density at radius 3 is 2.22 bits per heavy atom. The average Bonchev–Trinajstić information content (AvgIpc) is 2.34. The van der Waals surface area contributed by atoms with Crippen LogP contribution >= 0.6 is 0 Å². The van der Waals surface area contributed by atoms with Gasteiger partial charge < -0.3 is 20.6 Å². The van der Waals surface area contributed by atoms with Crippen molar-refractivity contribution in [3.63, 3.8) is 0 Å². The Labute approximate surface area is 108 Å². The number of rotatable bonds is 6. The first kappa shape index (κ1) is 14.4. The van der Waals surface area contributed by atoms with Crippen LogP contribution < -0.4 is 15.5 Å². The molecule has 0 saturated heterocycles. The van der Waals surface area contributed by atoms with Crippen molar-refractivity contribution in [2.45, 2.75) is 19.9 Å². The maximum Gasteiger partial charge on any atom is 0.231 e. The second kappa shape index (κ2) is 6.34. The van der Waals surface area contributed by atoms with Gasteiger partial charge in [0.1, 0.15) is 0 Å². The number of nitrogens with one attached hydrogen (secondary N) is 2. The third-order valence-corrected chi connectivity index (χ3v) is 2.56. The van der Waals surface area contributed by atoms with Crippen LogP contribution in [0.15, 0.2) is 0 Å². The molecule has 0 fully saturated rings. The van der Waals surface area contributed by atoms with Crippen molar-refractivity contribution in [1.82, 2.24) is 15.0 Å². The molecule has 0 radical (unpaired) electrons. The molecule has 1 rings (SSSR count). The predicted molar refractivity (Wildman–Crippen MR) is 73.0 cm³/mol. The Bertz CT molecular complexity index is 382. The quantitative estimate of drug-likeness (QED) is 0.677. The van der Waals surface area contributed by atoms with Crippen LogP contribution in [0.1, 0.15) is 13.8 Å². The van der Waals surface area contributed by atoms with Gasteiger partial charge in [0.15, 0.2) is 0 Å². The number of aliphatic hydroxyl groups is 1. The van der Waals surface area contributed by atoms with Crippen molar-refractivity contribution in [1.29, 1.82) is 0 Å². The van der Waals surface area contributed by atoms with Gasteiger partial charge in [-0.2, -0.15) is 15.0 Å². The lowest BCUT2D eigenvalue weighted by molar-refractivity contribution is 0.248. The summed E-state index contributed by atoms with van der Waals surface area (Å²) in [6.07, 6.45) is 0. The van der Waals surface area contributed by atoms with Gasteiger partial charge >= 0.3 is 0 Å². The van der Waals surface area contributed by atoms with E-state index in [4.69, 9.17) is 0 Å². The standard InChI is InChI=1S/C11H22N6O/c1-7(2)8(6-18)13-10-14-9(12-3)15-11(16-10)17(4)5/h7-8,18H,6H2,1-5H3,(H2,12,13,14,15,16). The molecule has 1 unspecified atom stereocenters. The van der Waals surface area contributed by atoms with Crippen molar-refractivity contribution in [2.24, 2.45) is 5.92 Å². The Morgan fingerprint density at radius 1 is 1.17 bits per heavy atom. The minimum Gasteiger partial charge on any atom is -0.394 e. The molecule has 1 atom stereocenters. The summed E-state index contributed by atoms with van der Waals surface area (Å²) in [5, 5.41) is 15.3. The van der Waals surface area contributed by atoms with Crippen molar-refractivity contribution in [2.75, 3.05) is 43.3 Å². The van der Waals surface area contributed by atoms with E-state index in [0.29, 0.717) is 17.8 Å². The van der Waals surface area contributed by atoms with E-state index in [1.54, 1.807) is 11.9 Å². The number of anilines is 3. The van der Waals surface area contributed by atoms with E-state index in [9.17, 15) is 5.11 Å². The van der Waals surface area contributed by atoms with Gasteiger partial charge in [-0.3, -0.25) is 0 Å². The van der Waals surface area contributed by atoms with E-state index in [0.717, 1.165) is 0 Å². The first-order valence-corrected chi connectivity index (χ1v) is 5.96. The van der Waals surface area contributed by atoms with Crippen LogP contribution in [0.3, 0.4) is 0 Å². The molecule has 7 heteroatoms. The lowest BCUT2D eigenvalue weighted by atomic mass is 10.1. The zero-order chi connectivity index (χ0) is 13.7. The fourth-order valence-electron chi connectivity index (χ4n) is 1.33. The Balaban J connectivity index is 2.97. The smallest absolute Gasteiger partial charge is 0.231 e. The molecule has 1 aromatic heterocycles. The molecule has 18 heavy (non-hydrogen) atoms. The molecular formula is C11H22N6O. The van der Waals surface area contributed by atoms with Crippen LogP contribution in [0.2, 0.25) is 0 Å². The van der Waals surface area contributed by atoms with E-state index < -0.39 is 0 Å². The van der Waals surface area contributed by atoms with E-state index >= 15 is 0 Å². The van der Waals surface area contributed by atoms with Gasteiger partial charge in [0, 0.05) is 21.1 Å². The summed E-state index contributed by atoms with van der Waals surface area (Å²) in [6.45, 7) is 4.09. The summed E-state index contributed by atoms with van der Waals surface area (Å²) >= 11 is 0. The van der Waals surface area contributed by atoms with Gasteiger partial charge in [0.25, 0.3) is 0 Å². The van der Waals surface area contributed by atoms with E-state index in [1.165, 1.54) is 0 Å². The second-order valence-corrected chi connectivity index (χ2v) is 4.60. The molecule has 0 aliphatic rings. The largest absolute Gasteiger partial charge is 0.394 e. The molecule has 3 N–H and O–H groups in total.